The highest BCUT2D eigenvalue weighted by Crippen LogP contribution is 2.28. The van der Waals surface area contributed by atoms with Crippen molar-refractivity contribution in [3.05, 3.63) is 45.0 Å². The molecule has 9 heteroatoms. The van der Waals surface area contributed by atoms with Gasteiger partial charge < -0.3 is 10.1 Å². The number of rotatable bonds is 7. The highest BCUT2D eigenvalue weighted by atomic mass is 35.5. The summed E-state index contributed by atoms with van der Waals surface area (Å²) in [6.07, 6.45) is 0.794. The average molecular weight is 438 g/mol. The Morgan fingerprint density at radius 1 is 1.43 bits per heavy atom. The maximum absolute atomic E-state index is 12.8. The minimum atomic E-state index is -0.207. The van der Waals surface area contributed by atoms with Gasteiger partial charge in [-0.05, 0) is 43.0 Å². The first-order chi connectivity index (χ1) is 13.4. The van der Waals surface area contributed by atoms with Crippen LogP contribution in [0, 0.1) is 0 Å². The molecular formula is C19H20ClN3O3S2. The van der Waals surface area contributed by atoms with Crippen LogP contribution in [0.25, 0.3) is 10.2 Å². The van der Waals surface area contributed by atoms with E-state index >= 15 is 0 Å². The van der Waals surface area contributed by atoms with E-state index in [0.29, 0.717) is 31.8 Å². The topological polar surface area (TPSA) is 73.2 Å². The molecule has 1 N–H and O–H groups in total. The van der Waals surface area contributed by atoms with Crippen LogP contribution in [0.3, 0.4) is 0 Å². The maximum Gasteiger partial charge on any atom is 0.272 e. The first-order valence-electron chi connectivity index (χ1n) is 8.70. The Bertz CT molecular complexity index is 1060. The fourth-order valence-corrected chi connectivity index (χ4v) is 4.57. The molecule has 3 rings (SSSR count). The normalized spacial score (nSPS) is 12.1. The molecule has 148 valence electrons. The molecule has 2 heterocycles. The second-order valence-electron chi connectivity index (χ2n) is 6.15. The SMILES string of the molecule is CC[C@H](C)n1c(SCC(=O)Nc2ccc(OC)c(Cl)c2)nc2ccsc2c1=O. The van der Waals surface area contributed by atoms with Gasteiger partial charge in [0.15, 0.2) is 5.16 Å². The summed E-state index contributed by atoms with van der Waals surface area (Å²) in [5, 5.41) is 5.63. The van der Waals surface area contributed by atoms with Gasteiger partial charge in [0.2, 0.25) is 5.91 Å². The number of aromatic nitrogens is 2. The maximum atomic E-state index is 12.8. The molecule has 1 aromatic carbocycles. The van der Waals surface area contributed by atoms with Gasteiger partial charge >= 0.3 is 0 Å². The molecule has 0 fully saturated rings. The van der Waals surface area contributed by atoms with Crippen molar-refractivity contribution in [2.45, 2.75) is 31.5 Å². The zero-order valence-electron chi connectivity index (χ0n) is 15.7. The molecule has 0 spiro atoms. The van der Waals surface area contributed by atoms with Gasteiger partial charge in [-0.15, -0.1) is 11.3 Å². The number of thiophene rings is 1. The number of anilines is 1. The van der Waals surface area contributed by atoms with Crippen LogP contribution in [-0.2, 0) is 4.79 Å². The monoisotopic (exact) mass is 437 g/mol. The van der Waals surface area contributed by atoms with Gasteiger partial charge in [-0.2, -0.15) is 0 Å². The number of fused-ring (bicyclic) bond motifs is 1. The van der Waals surface area contributed by atoms with Crippen molar-refractivity contribution in [2.75, 3.05) is 18.2 Å². The number of methoxy groups -OCH3 is 1. The number of benzene rings is 1. The van der Waals surface area contributed by atoms with E-state index in [4.69, 9.17) is 16.3 Å². The summed E-state index contributed by atoms with van der Waals surface area (Å²) in [6.45, 7) is 4.00. The summed E-state index contributed by atoms with van der Waals surface area (Å²) in [7, 11) is 1.53. The predicted octanol–water partition coefficient (Wildman–Crippen LogP) is 4.82. The predicted molar refractivity (Wildman–Crippen MR) is 116 cm³/mol. The summed E-state index contributed by atoms with van der Waals surface area (Å²) >= 11 is 8.73. The Morgan fingerprint density at radius 3 is 2.89 bits per heavy atom. The van der Waals surface area contributed by atoms with E-state index in [1.165, 1.54) is 30.2 Å². The standard InChI is InChI=1S/C19H20ClN3O3S2/c1-4-11(2)23-18(25)17-14(7-8-27-17)22-19(23)28-10-16(24)21-12-5-6-15(26-3)13(20)9-12/h5-9,11H,4,10H2,1-3H3,(H,21,24)/t11-/m0/s1. The fraction of sp³-hybridized carbons (Fsp3) is 0.316. The summed E-state index contributed by atoms with van der Waals surface area (Å²) in [5.74, 6) is 0.462. The lowest BCUT2D eigenvalue weighted by Gasteiger charge is -2.17. The molecule has 0 saturated heterocycles. The molecule has 0 unspecified atom stereocenters. The van der Waals surface area contributed by atoms with E-state index < -0.39 is 0 Å². The van der Waals surface area contributed by atoms with Crippen LogP contribution < -0.4 is 15.6 Å². The fourth-order valence-electron chi connectivity index (χ4n) is 2.65. The van der Waals surface area contributed by atoms with Crippen molar-refractivity contribution in [3.63, 3.8) is 0 Å². The molecule has 0 bridgehead atoms. The lowest BCUT2D eigenvalue weighted by molar-refractivity contribution is -0.113. The number of nitrogens with zero attached hydrogens (tertiary/aromatic N) is 2. The van der Waals surface area contributed by atoms with Gasteiger partial charge in [0.1, 0.15) is 10.4 Å². The Morgan fingerprint density at radius 2 is 2.21 bits per heavy atom. The molecule has 0 saturated carbocycles. The second kappa shape index (κ2) is 8.98. The van der Waals surface area contributed by atoms with Crippen LogP contribution in [-0.4, -0.2) is 28.3 Å². The van der Waals surface area contributed by atoms with Crippen molar-refractivity contribution in [1.29, 1.82) is 0 Å². The van der Waals surface area contributed by atoms with Crippen LogP contribution in [0.5, 0.6) is 5.75 Å². The molecule has 1 atom stereocenters. The van der Waals surface area contributed by atoms with Crippen molar-refractivity contribution >= 4 is 56.5 Å². The van der Waals surface area contributed by atoms with Gasteiger partial charge in [0, 0.05) is 11.7 Å². The van der Waals surface area contributed by atoms with Crippen LogP contribution in [0.15, 0.2) is 39.6 Å². The van der Waals surface area contributed by atoms with E-state index in [-0.39, 0.29) is 23.3 Å². The highest BCUT2D eigenvalue weighted by Gasteiger charge is 2.17. The van der Waals surface area contributed by atoms with Gasteiger partial charge in [0.05, 0.1) is 23.4 Å². The molecule has 0 aliphatic heterocycles. The number of ether oxygens (including phenoxy) is 1. The Labute approximate surface area is 175 Å². The molecule has 1 amide bonds. The lowest BCUT2D eigenvalue weighted by Crippen LogP contribution is -2.26. The van der Waals surface area contributed by atoms with E-state index in [0.717, 1.165) is 6.42 Å². The average Bonchev–Trinajstić information content (AvgIpc) is 3.15. The molecule has 3 aromatic rings. The van der Waals surface area contributed by atoms with E-state index in [1.807, 2.05) is 25.3 Å². The molecule has 0 aliphatic carbocycles. The molecular weight excluding hydrogens is 418 g/mol. The summed E-state index contributed by atoms with van der Waals surface area (Å²) in [4.78, 5) is 29.8. The smallest absolute Gasteiger partial charge is 0.272 e. The number of hydrogen-bond acceptors (Lipinski definition) is 6. The third-order valence-corrected chi connectivity index (χ3v) is 6.42. The number of thioether (sulfide) groups is 1. The van der Waals surface area contributed by atoms with E-state index in [9.17, 15) is 9.59 Å². The molecule has 2 aromatic heterocycles. The molecule has 0 aliphatic rings. The number of carbonyl (C=O) groups excluding carboxylic acids is 1. The van der Waals surface area contributed by atoms with Gasteiger partial charge in [-0.25, -0.2) is 4.98 Å². The van der Waals surface area contributed by atoms with E-state index in [2.05, 4.69) is 10.3 Å². The minimum absolute atomic E-state index is 0.00236. The molecule has 0 radical (unpaired) electrons. The van der Waals surface area contributed by atoms with Gasteiger partial charge in [-0.1, -0.05) is 30.3 Å². The van der Waals surface area contributed by atoms with Crippen LogP contribution in [0.1, 0.15) is 26.3 Å². The number of amides is 1. The zero-order chi connectivity index (χ0) is 20.3. The summed E-state index contributed by atoms with van der Waals surface area (Å²) < 4.78 is 7.43. The first-order valence-corrected chi connectivity index (χ1v) is 10.9. The third-order valence-electron chi connectivity index (χ3n) is 4.28. The van der Waals surface area contributed by atoms with Crippen molar-refractivity contribution < 1.29 is 9.53 Å². The van der Waals surface area contributed by atoms with E-state index in [1.54, 1.807) is 22.8 Å². The minimum Gasteiger partial charge on any atom is -0.495 e. The van der Waals surface area contributed by atoms with Gasteiger partial charge in [-0.3, -0.25) is 14.2 Å². The number of halogens is 1. The Hall–Kier alpha value is -2.03. The van der Waals surface area contributed by atoms with Crippen molar-refractivity contribution in [1.82, 2.24) is 9.55 Å². The second-order valence-corrected chi connectivity index (χ2v) is 8.41. The number of nitrogens with one attached hydrogen (secondary N) is 1. The first kappa shape index (κ1) is 20.7. The van der Waals surface area contributed by atoms with Crippen LogP contribution in [0.2, 0.25) is 5.02 Å². The molecule has 28 heavy (non-hydrogen) atoms. The Balaban J connectivity index is 1.78. The largest absolute Gasteiger partial charge is 0.495 e. The lowest BCUT2D eigenvalue weighted by atomic mass is 10.2. The van der Waals surface area contributed by atoms with Gasteiger partial charge in [0.25, 0.3) is 5.56 Å². The van der Waals surface area contributed by atoms with Crippen molar-refractivity contribution in [3.8, 4) is 5.75 Å². The highest BCUT2D eigenvalue weighted by molar-refractivity contribution is 7.99. The van der Waals surface area contributed by atoms with Crippen LogP contribution >= 0.6 is 34.7 Å². The molecule has 6 nitrogen and oxygen atoms in total. The number of hydrogen-bond donors (Lipinski definition) is 1. The number of carbonyl (C=O) groups is 1. The van der Waals surface area contributed by atoms with Crippen molar-refractivity contribution in [2.24, 2.45) is 0 Å². The summed E-state index contributed by atoms with van der Waals surface area (Å²) in [5.41, 5.74) is 1.19. The zero-order valence-corrected chi connectivity index (χ0v) is 18.1. The summed E-state index contributed by atoms with van der Waals surface area (Å²) in [6, 6.07) is 6.87. The third kappa shape index (κ3) is 4.34. The quantitative estimate of drug-likeness (QED) is 0.423. The van der Waals surface area contributed by atoms with Crippen LogP contribution in [0.4, 0.5) is 5.69 Å². The Kier molecular flexibility index (Phi) is 6.64.